The maximum Gasteiger partial charge on any atom is 0.513 e. The lowest BCUT2D eigenvalue weighted by atomic mass is 10.1. The van der Waals surface area contributed by atoms with Gasteiger partial charge in [0, 0.05) is 18.3 Å². The minimum absolute atomic E-state index is 0.0869. The Morgan fingerprint density at radius 1 is 1.12 bits per heavy atom. The van der Waals surface area contributed by atoms with Crippen molar-refractivity contribution in [1.82, 2.24) is 19.7 Å². The topological polar surface area (TPSA) is 120 Å². The molecule has 0 aliphatic heterocycles. The predicted octanol–water partition coefficient (Wildman–Crippen LogP) is 4.32. The van der Waals surface area contributed by atoms with Gasteiger partial charge in [-0.15, -0.1) is 0 Å². The van der Waals surface area contributed by atoms with Gasteiger partial charge in [-0.2, -0.15) is 5.10 Å². The molecule has 34 heavy (non-hydrogen) atoms. The molecule has 0 aliphatic carbocycles. The highest BCUT2D eigenvalue weighted by molar-refractivity contribution is 6.04. The van der Waals surface area contributed by atoms with Crippen LogP contribution in [0.2, 0.25) is 0 Å². The number of fused-ring (bicyclic) bond motifs is 1. The third-order valence-electron chi connectivity index (χ3n) is 5.03. The van der Waals surface area contributed by atoms with Crippen molar-refractivity contribution < 1.29 is 19.1 Å². The van der Waals surface area contributed by atoms with E-state index in [0.717, 1.165) is 11.1 Å². The zero-order valence-corrected chi connectivity index (χ0v) is 19.0. The van der Waals surface area contributed by atoms with Gasteiger partial charge < -0.3 is 20.1 Å². The van der Waals surface area contributed by atoms with Crippen LogP contribution in [0.4, 0.5) is 16.3 Å². The number of ether oxygens (including phenoxy) is 2. The van der Waals surface area contributed by atoms with Crippen molar-refractivity contribution in [2.24, 2.45) is 7.05 Å². The third-order valence-corrected chi connectivity index (χ3v) is 5.03. The molecule has 1 atom stereocenters. The van der Waals surface area contributed by atoms with Gasteiger partial charge in [0.15, 0.2) is 5.65 Å². The standard InChI is InChI=1S/C24H24N6O4/c1-4-33-24(32)34-19-10-8-16(9-11-19)23(31)28-18-7-5-6-17(12-18)15(2)27-21-14-25-20-13-26-30(3)22(20)29-21/h5-15H,4H2,1-3H3,(H,27,29)(H,28,31)/t15-/m0/s1. The van der Waals surface area contributed by atoms with Gasteiger partial charge in [0.25, 0.3) is 5.91 Å². The number of hydrogen-bond acceptors (Lipinski definition) is 8. The van der Waals surface area contributed by atoms with Crippen LogP contribution < -0.4 is 15.4 Å². The molecule has 10 nitrogen and oxygen atoms in total. The van der Waals surface area contributed by atoms with Crippen LogP contribution in [0.15, 0.2) is 60.9 Å². The first-order valence-corrected chi connectivity index (χ1v) is 10.7. The second-order valence-corrected chi connectivity index (χ2v) is 7.49. The lowest BCUT2D eigenvalue weighted by Crippen LogP contribution is -2.13. The number of benzene rings is 2. The number of anilines is 2. The second-order valence-electron chi connectivity index (χ2n) is 7.49. The Bertz CT molecular complexity index is 1320. The summed E-state index contributed by atoms with van der Waals surface area (Å²) in [5.74, 6) is 0.639. The van der Waals surface area contributed by atoms with E-state index in [9.17, 15) is 9.59 Å². The Hall–Kier alpha value is -4.47. The van der Waals surface area contributed by atoms with Gasteiger partial charge >= 0.3 is 6.16 Å². The van der Waals surface area contributed by atoms with Crippen molar-refractivity contribution in [3.8, 4) is 5.75 Å². The number of aryl methyl sites for hydroxylation is 1. The Labute approximate surface area is 195 Å². The van der Waals surface area contributed by atoms with Gasteiger partial charge in [-0.05, 0) is 55.8 Å². The van der Waals surface area contributed by atoms with Crippen molar-refractivity contribution in [3.05, 3.63) is 72.1 Å². The lowest BCUT2D eigenvalue weighted by molar-refractivity contribution is 0.102. The van der Waals surface area contributed by atoms with E-state index in [2.05, 4.69) is 25.7 Å². The molecule has 0 aliphatic rings. The van der Waals surface area contributed by atoms with Crippen molar-refractivity contribution in [3.63, 3.8) is 0 Å². The van der Waals surface area contributed by atoms with Crippen LogP contribution in [0.1, 0.15) is 35.8 Å². The molecule has 0 radical (unpaired) electrons. The first kappa shape index (κ1) is 22.7. The summed E-state index contributed by atoms with van der Waals surface area (Å²) in [6.45, 7) is 3.91. The smallest absolute Gasteiger partial charge is 0.434 e. The van der Waals surface area contributed by atoms with Gasteiger partial charge in [-0.25, -0.2) is 19.4 Å². The molecule has 2 aromatic carbocycles. The predicted molar refractivity (Wildman–Crippen MR) is 127 cm³/mol. The number of aromatic nitrogens is 4. The first-order chi connectivity index (χ1) is 16.4. The monoisotopic (exact) mass is 460 g/mol. The van der Waals surface area contributed by atoms with Crippen molar-refractivity contribution >= 4 is 34.7 Å². The molecule has 0 saturated carbocycles. The van der Waals surface area contributed by atoms with Crippen LogP contribution in [0, 0.1) is 0 Å². The summed E-state index contributed by atoms with van der Waals surface area (Å²) in [6.07, 6.45) is 2.55. The fourth-order valence-corrected chi connectivity index (χ4v) is 3.30. The van der Waals surface area contributed by atoms with Crippen LogP contribution in [0.3, 0.4) is 0 Å². The Morgan fingerprint density at radius 2 is 1.91 bits per heavy atom. The molecule has 0 fully saturated rings. The first-order valence-electron chi connectivity index (χ1n) is 10.7. The zero-order chi connectivity index (χ0) is 24.1. The largest absolute Gasteiger partial charge is 0.513 e. The molecule has 0 bridgehead atoms. The van der Waals surface area contributed by atoms with Gasteiger partial charge in [0.1, 0.15) is 17.1 Å². The minimum Gasteiger partial charge on any atom is -0.434 e. The van der Waals surface area contributed by atoms with Gasteiger partial charge in [-0.1, -0.05) is 12.1 Å². The number of nitrogens with zero attached hydrogens (tertiary/aromatic N) is 4. The molecule has 0 unspecified atom stereocenters. The summed E-state index contributed by atoms with van der Waals surface area (Å²) >= 11 is 0. The maximum absolute atomic E-state index is 12.7. The molecular formula is C24H24N6O4. The summed E-state index contributed by atoms with van der Waals surface area (Å²) in [5, 5.41) is 10.4. The second kappa shape index (κ2) is 9.99. The van der Waals surface area contributed by atoms with Crippen molar-refractivity contribution in [2.75, 3.05) is 17.2 Å². The van der Waals surface area contributed by atoms with Crippen LogP contribution in [0.25, 0.3) is 11.2 Å². The van der Waals surface area contributed by atoms with E-state index < -0.39 is 6.16 Å². The fourth-order valence-electron chi connectivity index (χ4n) is 3.30. The van der Waals surface area contributed by atoms with E-state index in [1.54, 1.807) is 36.1 Å². The Balaban J connectivity index is 1.40. The highest BCUT2D eigenvalue weighted by Crippen LogP contribution is 2.22. The molecule has 174 valence electrons. The fraction of sp³-hybridized carbons (Fsp3) is 0.208. The van der Waals surface area contributed by atoms with E-state index >= 15 is 0 Å². The number of carbonyl (C=O) groups excluding carboxylic acids is 2. The summed E-state index contributed by atoms with van der Waals surface area (Å²) in [4.78, 5) is 33.0. The van der Waals surface area contributed by atoms with E-state index in [-0.39, 0.29) is 18.6 Å². The average Bonchev–Trinajstić information content (AvgIpc) is 3.20. The zero-order valence-electron chi connectivity index (χ0n) is 19.0. The summed E-state index contributed by atoms with van der Waals surface area (Å²) in [5.41, 5.74) is 3.45. The Kier molecular flexibility index (Phi) is 6.67. The summed E-state index contributed by atoms with van der Waals surface area (Å²) < 4.78 is 11.4. The quantitative estimate of drug-likeness (QED) is 0.309. The lowest BCUT2D eigenvalue weighted by Gasteiger charge is -2.16. The molecule has 2 N–H and O–H groups in total. The van der Waals surface area contributed by atoms with E-state index in [0.29, 0.717) is 28.5 Å². The minimum atomic E-state index is -0.787. The van der Waals surface area contributed by atoms with Gasteiger partial charge in [0.05, 0.1) is 25.0 Å². The summed E-state index contributed by atoms with van der Waals surface area (Å²) in [6, 6.07) is 13.7. The van der Waals surface area contributed by atoms with Crippen LogP contribution in [0.5, 0.6) is 5.75 Å². The molecule has 2 heterocycles. The normalized spacial score (nSPS) is 11.6. The summed E-state index contributed by atoms with van der Waals surface area (Å²) in [7, 11) is 1.82. The molecule has 4 aromatic rings. The SMILES string of the molecule is CCOC(=O)Oc1ccc(C(=O)Nc2cccc([C@H](C)Nc3cnc4cnn(C)c4n3)c2)cc1. The highest BCUT2D eigenvalue weighted by Gasteiger charge is 2.12. The number of amides is 1. The molecule has 2 aromatic heterocycles. The number of carbonyl (C=O) groups is 2. The molecule has 0 saturated heterocycles. The van der Waals surface area contributed by atoms with Gasteiger partial charge in [-0.3, -0.25) is 4.79 Å². The molecule has 0 spiro atoms. The number of nitrogens with one attached hydrogen (secondary N) is 2. The number of rotatable bonds is 7. The Morgan fingerprint density at radius 3 is 2.68 bits per heavy atom. The van der Waals surface area contributed by atoms with E-state index in [1.807, 2.05) is 38.2 Å². The maximum atomic E-state index is 12.7. The third kappa shape index (κ3) is 5.29. The van der Waals surface area contributed by atoms with Crippen molar-refractivity contribution in [2.45, 2.75) is 19.9 Å². The molecule has 4 rings (SSSR count). The number of hydrogen-bond donors (Lipinski definition) is 2. The van der Waals surface area contributed by atoms with E-state index in [1.165, 1.54) is 12.1 Å². The molecular weight excluding hydrogens is 436 g/mol. The molecule has 10 heteroatoms. The average molecular weight is 460 g/mol. The van der Waals surface area contributed by atoms with Crippen LogP contribution in [-0.2, 0) is 11.8 Å². The van der Waals surface area contributed by atoms with Crippen molar-refractivity contribution in [1.29, 1.82) is 0 Å². The highest BCUT2D eigenvalue weighted by atomic mass is 16.7. The molecule has 1 amide bonds. The van der Waals surface area contributed by atoms with E-state index in [4.69, 9.17) is 9.47 Å². The van der Waals surface area contributed by atoms with Crippen LogP contribution in [-0.4, -0.2) is 38.4 Å². The van der Waals surface area contributed by atoms with Crippen LogP contribution >= 0.6 is 0 Å². The van der Waals surface area contributed by atoms with Gasteiger partial charge in [0.2, 0.25) is 0 Å².